The monoisotopic (exact) mass is 425 g/mol. The Morgan fingerprint density at radius 1 is 1.31 bits per heavy atom. The van der Waals surface area contributed by atoms with Crippen LogP contribution in [0.1, 0.15) is 19.3 Å². The van der Waals surface area contributed by atoms with Crippen LogP contribution in [0.2, 0.25) is 0 Å². The van der Waals surface area contributed by atoms with Crippen molar-refractivity contribution in [3.63, 3.8) is 0 Å². The highest BCUT2D eigenvalue weighted by Crippen LogP contribution is 2.22. The van der Waals surface area contributed by atoms with E-state index in [-0.39, 0.29) is 48.9 Å². The summed E-state index contributed by atoms with van der Waals surface area (Å²) < 4.78 is 22.5. The van der Waals surface area contributed by atoms with Gasteiger partial charge in [-0.1, -0.05) is 18.2 Å². The third kappa shape index (κ3) is 7.31. The van der Waals surface area contributed by atoms with Gasteiger partial charge in [0.15, 0.2) is 0 Å². The first-order valence-electron chi connectivity index (χ1n) is 8.28. The fourth-order valence-electron chi connectivity index (χ4n) is 3.05. The molecule has 1 aromatic carbocycles. The molecular formula is C17H29Cl2N3O3S. The molecular weight excluding hydrogens is 397 g/mol. The zero-order chi connectivity index (χ0) is 17.7. The maximum absolute atomic E-state index is 12.5. The van der Waals surface area contributed by atoms with Gasteiger partial charge in [-0.15, -0.1) is 24.8 Å². The minimum atomic E-state index is -3.11. The number of sulfone groups is 1. The van der Waals surface area contributed by atoms with Gasteiger partial charge in [0, 0.05) is 38.1 Å². The van der Waals surface area contributed by atoms with Crippen LogP contribution in [0.4, 0.5) is 5.69 Å². The molecule has 0 aromatic heterocycles. The molecule has 2 rings (SSSR count). The van der Waals surface area contributed by atoms with E-state index < -0.39 is 15.9 Å². The largest absolute Gasteiger partial charge is 0.369 e. The van der Waals surface area contributed by atoms with E-state index in [1.54, 1.807) is 11.9 Å². The highest BCUT2D eigenvalue weighted by atomic mass is 35.5. The van der Waals surface area contributed by atoms with E-state index in [1.165, 1.54) is 0 Å². The molecule has 0 saturated carbocycles. The van der Waals surface area contributed by atoms with Crippen molar-refractivity contribution in [1.29, 1.82) is 0 Å². The Hall–Kier alpha value is -1.02. The first-order chi connectivity index (χ1) is 11.3. The molecule has 0 spiro atoms. The number of halogens is 2. The number of likely N-dealkylation sites (N-methyl/N-ethyl adjacent to an activating group) is 1. The van der Waals surface area contributed by atoms with Gasteiger partial charge in [-0.2, -0.15) is 0 Å². The minimum absolute atomic E-state index is 0. The summed E-state index contributed by atoms with van der Waals surface area (Å²) in [7, 11) is -1.34. The van der Waals surface area contributed by atoms with Crippen LogP contribution in [0.25, 0.3) is 0 Å². The van der Waals surface area contributed by atoms with Gasteiger partial charge in [-0.25, -0.2) is 8.42 Å². The molecule has 6 nitrogen and oxygen atoms in total. The Bertz CT molecular complexity index is 658. The molecule has 1 fully saturated rings. The lowest BCUT2D eigenvalue weighted by atomic mass is 10.0. The molecule has 1 saturated heterocycles. The lowest BCUT2D eigenvalue weighted by Gasteiger charge is -2.39. The summed E-state index contributed by atoms with van der Waals surface area (Å²) in [4.78, 5) is 16.5. The minimum Gasteiger partial charge on any atom is -0.369 e. The molecule has 150 valence electrons. The number of piperidine rings is 1. The van der Waals surface area contributed by atoms with Crippen molar-refractivity contribution in [1.82, 2.24) is 4.90 Å². The third-order valence-electron chi connectivity index (χ3n) is 4.53. The summed E-state index contributed by atoms with van der Waals surface area (Å²) >= 11 is 0. The molecule has 9 heteroatoms. The number of hydrogen-bond acceptors (Lipinski definition) is 5. The van der Waals surface area contributed by atoms with Gasteiger partial charge in [-0.3, -0.25) is 4.79 Å². The summed E-state index contributed by atoms with van der Waals surface area (Å²) in [5.74, 6) is -0.243. The van der Waals surface area contributed by atoms with E-state index in [9.17, 15) is 13.2 Å². The highest BCUT2D eigenvalue weighted by Gasteiger charge is 2.29. The summed E-state index contributed by atoms with van der Waals surface area (Å²) in [6, 6.07) is 9.47. The van der Waals surface area contributed by atoms with E-state index >= 15 is 0 Å². The highest BCUT2D eigenvalue weighted by molar-refractivity contribution is 7.90. The number of carbonyl (C=O) groups is 1. The Balaban J connectivity index is 0.00000312. The van der Waals surface area contributed by atoms with Gasteiger partial charge in [0.25, 0.3) is 0 Å². The van der Waals surface area contributed by atoms with Crippen LogP contribution >= 0.6 is 24.8 Å². The number of carbonyl (C=O) groups excluding carboxylic acids is 1. The number of amides is 1. The zero-order valence-electron chi connectivity index (χ0n) is 15.2. The third-order valence-corrected chi connectivity index (χ3v) is 5.51. The number of benzene rings is 1. The second-order valence-electron chi connectivity index (χ2n) is 6.55. The first-order valence-corrected chi connectivity index (χ1v) is 10.3. The van der Waals surface area contributed by atoms with Gasteiger partial charge in [0.2, 0.25) is 5.91 Å². The fraction of sp³-hybridized carbons (Fsp3) is 0.588. The van der Waals surface area contributed by atoms with Gasteiger partial charge in [0.1, 0.15) is 9.84 Å². The molecule has 0 aliphatic carbocycles. The topological polar surface area (TPSA) is 83.7 Å². The molecule has 1 amide bonds. The van der Waals surface area contributed by atoms with Crippen LogP contribution < -0.4 is 10.6 Å². The van der Waals surface area contributed by atoms with Gasteiger partial charge >= 0.3 is 0 Å². The number of hydrogen-bond donors (Lipinski definition) is 1. The van der Waals surface area contributed by atoms with E-state index in [1.807, 2.05) is 18.2 Å². The Labute approximate surface area is 168 Å². The molecule has 1 aliphatic heterocycles. The van der Waals surface area contributed by atoms with E-state index in [4.69, 9.17) is 5.73 Å². The van der Waals surface area contributed by atoms with E-state index in [0.29, 0.717) is 0 Å². The lowest BCUT2D eigenvalue weighted by Crippen LogP contribution is -2.53. The smallest absolute Gasteiger partial charge is 0.239 e. The van der Waals surface area contributed by atoms with Crippen LogP contribution in [-0.2, 0) is 14.6 Å². The van der Waals surface area contributed by atoms with Crippen molar-refractivity contribution in [3.8, 4) is 0 Å². The summed E-state index contributed by atoms with van der Waals surface area (Å²) in [5, 5.41) is 0. The number of para-hydroxylation sites is 1. The molecule has 2 atom stereocenters. The van der Waals surface area contributed by atoms with Gasteiger partial charge in [-0.05, 0) is 31.4 Å². The lowest BCUT2D eigenvalue weighted by molar-refractivity contribution is -0.133. The predicted molar refractivity (Wildman–Crippen MR) is 111 cm³/mol. The molecule has 2 N–H and O–H groups in total. The normalized spacial score (nSPS) is 18.3. The number of anilines is 1. The molecule has 0 bridgehead atoms. The van der Waals surface area contributed by atoms with Crippen LogP contribution in [0.5, 0.6) is 0 Å². The van der Waals surface area contributed by atoms with Crippen LogP contribution in [-0.4, -0.2) is 63.5 Å². The maximum atomic E-state index is 12.5. The fourth-order valence-corrected chi connectivity index (χ4v) is 3.73. The Kier molecular flexibility index (Phi) is 10.5. The summed E-state index contributed by atoms with van der Waals surface area (Å²) in [6.45, 7) is 1.74. The second kappa shape index (κ2) is 11.0. The van der Waals surface area contributed by atoms with Gasteiger partial charge < -0.3 is 15.5 Å². The maximum Gasteiger partial charge on any atom is 0.239 e. The van der Waals surface area contributed by atoms with Crippen molar-refractivity contribution in [2.24, 2.45) is 5.73 Å². The summed E-state index contributed by atoms with van der Waals surface area (Å²) in [6.07, 6.45) is 3.27. The van der Waals surface area contributed by atoms with Crippen LogP contribution in [0.15, 0.2) is 30.3 Å². The predicted octanol–water partition coefficient (Wildman–Crippen LogP) is 1.72. The van der Waals surface area contributed by atoms with Crippen molar-refractivity contribution >= 4 is 46.2 Å². The number of rotatable bonds is 6. The standard InChI is InChI=1S/C17H27N3O3S.2ClH/c1-19(17(21)16(18)10-12-24(2,22)23)15-9-6-11-20(13-15)14-7-4-3-5-8-14;;/h3-5,7-8,15-16H,6,9-13,18H2,1-2H3;2*1H. The Morgan fingerprint density at radius 2 is 1.92 bits per heavy atom. The molecule has 2 unspecified atom stereocenters. The summed E-state index contributed by atoms with van der Waals surface area (Å²) in [5.41, 5.74) is 7.07. The molecule has 1 aliphatic rings. The number of nitrogens with zero attached hydrogens (tertiary/aromatic N) is 2. The number of nitrogens with two attached hydrogens (primary N) is 1. The van der Waals surface area contributed by atoms with Gasteiger partial charge in [0.05, 0.1) is 11.8 Å². The van der Waals surface area contributed by atoms with Crippen LogP contribution in [0, 0.1) is 0 Å². The SMILES string of the molecule is CN(C(=O)C(N)CCS(C)(=O)=O)C1CCCN(c2ccccc2)C1.Cl.Cl. The molecule has 0 radical (unpaired) electrons. The van der Waals surface area contributed by atoms with Crippen molar-refractivity contribution < 1.29 is 13.2 Å². The van der Waals surface area contributed by atoms with E-state index in [2.05, 4.69) is 17.0 Å². The van der Waals surface area contributed by atoms with Crippen molar-refractivity contribution in [2.45, 2.75) is 31.3 Å². The average molecular weight is 426 g/mol. The quantitative estimate of drug-likeness (QED) is 0.749. The average Bonchev–Trinajstić information content (AvgIpc) is 2.58. The molecule has 1 heterocycles. The second-order valence-corrected chi connectivity index (χ2v) is 8.81. The van der Waals surface area contributed by atoms with Crippen molar-refractivity contribution in [2.75, 3.05) is 37.0 Å². The van der Waals surface area contributed by atoms with Crippen molar-refractivity contribution in [3.05, 3.63) is 30.3 Å². The Morgan fingerprint density at radius 3 is 2.50 bits per heavy atom. The van der Waals surface area contributed by atoms with Crippen LogP contribution in [0.3, 0.4) is 0 Å². The van der Waals surface area contributed by atoms with E-state index in [0.717, 1.165) is 37.9 Å². The molecule has 1 aromatic rings. The zero-order valence-corrected chi connectivity index (χ0v) is 17.7. The first kappa shape index (κ1) is 25.0. The molecule has 26 heavy (non-hydrogen) atoms.